The van der Waals surface area contributed by atoms with E-state index in [2.05, 4.69) is 34.3 Å². The maximum atomic E-state index is 13.2. The Morgan fingerprint density at radius 2 is 1.56 bits per heavy atom. The van der Waals surface area contributed by atoms with Gasteiger partial charge in [0.2, 0.25) is 0 Å². The first-order chi connectivity index (χ1) is 15.4. The minimum Gasteiger partial charge on any atom is -0.369 e. The number of aryl methyl sites for hydroxylation is 2. The number of nitrogens with one attached hydrogen (secondary N) is 1. The van der Waals surface area contributed by atoms with Crippen LogP contribution in [0.2, 0.25) is 0 Å². The van der Waals surface area contributed by atoms with Crippen molar-refractivity contribution in [1.29, 1.82) is 0 Å². The molecule has 1 saturated heterocycles. The van der Waals surface area contributed by atoms with Gasteiger partial charge in [-0.05, 0) is 68.3 Å². The third-order valence-corrected chi connectivity index (χ3v) is 6.42. The van der Waals surface area contributed by atoms with Gasteiger partial charge in [0.25, 0.3) is 11.8 Å². The highest BCUT2D eigenvalue weighted by Gasteiger charge is 2.38. The van der Waals surface area contributed by atoms with Crippen molar-refractivity contribution in [3.8, 4) is 0 Å². The molecule has 6 nitrogen and oxygen atoms in total. The van der Waals surface area contributed by atoms with Gasteiger partial charge in [0.05, 0.1) is 5.57 Å². The van der Waals surface area contributed by atoms with Crippen molar-refractivity contribution in [2.75, 3.05) is 50.0 Å². The van der Waals surface area contributed by atoms with Gasteiger partial charge in [-0.2, -0.15) is 0 Å². The standard InChI is InChI=1S/C26H32N4O2/c1-5-12-30-25(31)23(20-7-6-18(2)19(3)17-20)24(26(30)32)27-21-8-10-22(11-9-21)29-15-13-28(4)14-16-29/h6-11,17,27H,5,12-16H2,1-4H3. The number of anilines is 2. The SMILES string of the molecule is CCCN1C(=O)C(Nc2ccc(N3CCN(C)CC3)cc2)=C(c2ccc(C)c(C)c2)C1=O. The molecule has 0 aliphatic carbocycles. The van der Waals surface area contributed by atoms with Gasteiger partial charge in [-0.1, -0.05) is 25.1 Å². The molecular formula is C26H32N4O2. The number of hydrogen-bond donors (Lipinski definition) is 1. The molecule has 0 bridgehead atoms. The zero-order valence-corrected chi connectivity index (χ0v) is 19.4. The number of carbonyl (C=O) groups excluding carboxylic acids is 2. The molecule has 2 heterocycles. The van der Waals surface area contributed by atoms with E-state index in [1.807, 2.05) is 51.1 Å². The fourth-order valence-electron chi connectivity index (χ4n) is 4.25. The van der Waals surface area contributed by atoms with Crippen LogP contribution in [-0.2, 0) is 9.59 Å². The van der Waals surface area contributed by atoms with Gasteiger partial charge in [0.1, 0.15) is 5.70 Å². The number of benzene rings is 2. The Hall–Kier alpha value is -3.12. The number of rotatable bonds is 6. The second kappa shape index (κ2) is 9.17. The van der Waals surface area contributed by atoms with E-state index >= 15 is 0 Å². The van der Waals surface area contributed by atoms with E-state index in [1.165, 1.54) is 10.6 Å². The molecule has 2 aliphatic rings. The van der Waals surface area contributed by atoms with Crippen molar-refractivity contribution in [2.45, 2.75) is 27.2 Å². The van der Waals surface area contributed by atoms with E-state index in [0.717, 1.165) is 55.0 Å². The zero-order chi connectivity index (χ0) is 22.8. The Morgan fingerprint density at radius 1 is 0.875 bits per heavy atom. The number of nitrogens with zero attached hydrogens (tertiary/aromatic N) is 3. The van der Waals surface area contributed by atoms with Gasteiger partial charge in [0, 0.05) is 44.1 Å². The number of likely N-dealkylation sites (N-methyl/N-ethyl adjacent to an activating group) is 1. The summed E-state index contributed by atoms with van der Waals surface area (Å²) >= 11 is 0. The van der Waals surface area contributed by atoms with Gasteiger partial charge in [-0.15, -0.1) is 0 Å². The monoisotopic (exact) mass is 432 g/mol. The highest BCUT2D eigenvalue weighted by atomic mass is 16.2. The molecule has 2 aromatic carbocycles. The Morgan fingerprint density at radius 3 is 2.19 bits per heavy atom. The van der Waals surface area contributed by atoms with Crippen LogP contribution in [0.4, 0.5) is 11.4 Å². The van der Waals surface area contributed by atoms with Gasteiger partial charge < -0.3 is 15.1 Å². The molecule has 2 aromatic rings. The van der Waals surface area contributed by atoms with Crippen LogP contribution in [0.15, 0.2) is 48.2 Å². The second-order valence-corrected chi connectivity index (χ2v) is 8.77. The van der Waals surface area contributed by atoms with Gasteiger partial charge in [-0.3, -0.25) is 14.5 Å². The lowest BCUT2D eigenvalue weighted by Crippen LogP contribution is -2.44. The van der Waals surface area contributed by atoms with Crippen molar-refractivity contribution in [3.05, 3.63) is 64.9 Å². The molecule has 1 N–H and O–H groups in total. The molecule has 0 aromatic heterocycles. The lowest BCUT2D eigenvalue weighted by Gasteiger charge is -2.34. The van der Waals surface area contributed by atoms with Crippen LogP contribution in [-0.4, -0.2) is 61.4 Å². The first kappa shape index (κ1) is 22.1. The lowest BCUT2D eigenvalue weighted by atomic mass is 9.99. The molecule has 0 saturated carbocycles. The molecule has 4 rings (SSSR count). The van der Waals surface area contributed by atoms with Gasteiger partial charge >= 0.3 is 0 Å². The van der Waals surface area contributed by atoms with Crippen LogP contribution in [0, 0.1) is 13.8 Å². The molecule has 2 amide bonds. The third-order valence-electron chi connectivity index (χ3n) is 6.42. The summed E-state index contributed by atoms with van der Waals surface area (Å²) in [6.07, 6.45) is 0.727. The van der Waals surface area contributed by atoms with E-state index < -0.39 is 0 Å². The predicted molar refractivity (Wildman–Crippen MR) is 130 cm³/mol. The second-order valence-electron chi connectivity index (χ2n) is 8.77. The van der Waals surface area contributed by atoms with Crippen LogP contribution in [0.3, 0.4) is 0 Å². The summed E-state index contributed by atoms with van der Waals surface area (Å²) < 4.78 is 0. The van der Waals surface area contributed by atoms with Crippen molar-refractivity contribution >= 4 is 28.8 Å². The fourth-order valence-corrected chi connectivity index (χ4v) is 4.25. The number of imide groups is 1. The summed E-state index contributed by atoms with van der Waals surface area (Å²) in [6, 6.07) is 14.0. The van der Waals surface area contributed by atoms with Crippen molar-refractivity contribution in [2.24, 2.45) is 0 Å². The smallest absolute Gasteiger partial charge is 0.278 e. The van der Waals surface area contributed by atoms with Gasteiger partial charge in [0.15, 0.2) is 0 Å². The van der Waals surface area contributed by atoms with E-state index in [-0.39, 0.29) is 11.8 Å². The average Bonchev–Trinajstić information content (AvgIpc) is 3.01. The molecule has 0 radical (unpaired) electrons. The molecule has 168 valence electrons. The largest absolute Gasteiger partial charge is 0.369 e. The van der Waals surface area contributed by atoms with Crippen LogP contribution in [0.1, 0.15) is 30.0 Å². The maximum absolute atomic E-state index is 13.2. The Labute approximate surface area is 190 Å². The minimum absolute atomic E-state index is 0.225. The summed E-state index contributed by atoms with van der Waals surface area (Å²) in [5, 5.41) is 3.27. The van der Waals surface area contributed by atoms with Crippen LogP contribution in [0.5, 0.6) is 0 Å². The zero-order valence-electron chi connectivity index (χ0n) is 19.4. The Kier molecular flexibility index (Phi) is 6.33. The Bertz CT molecular complexity index is 1050. The number of amides is 2. The van der Waals surface area contributed by atoms with Crippen molar-refractivity contribution in [1.82, 2.24) is 9.80 Å². The van der Waals surface area contributed by atoms with Crippen LogP contribution < -0.4 is 10.2 Å². The summed E-state index contributed by atoms with van der Waals surface area (Å²) in [5.74, 6) is -0.482. The first-order valence-corrected chi connectivity index (χ1v) is 11.4. The fraction of sp³-hybridized carbons (Fsp3) is 0.385. The van der Waals surface area contributed by atoms with E-state index in [1.54, 1.807) is 0 Å². The summed E-state index contributed by atoms with van der Waals surface area (Å²) in [7, 11) is 2.15. The van der Waals surface area contributed by atoms with Crippen molar-refractivity contribution in [3.63, 3.8) is 0 Å². The van der Waals surface area contributed by atoms with Crippen molar-refractivity contribution < 1.29 is 9.59 Å². The third kappa shape index (κ3) is 4.28. The molecule has 1 fully saturated rings. The molecule has 6 heteroatoms. The summed E-state index contributed by atoms with van der Waals surface area (Å²) in [5.41, 5.74) is 5.83. The highest BCUT2D eigenvalue weighted by molar-refractivity contribution is 6.36. The molecular weight excluding hydrogens is 400 g/mol. The van der Waals surface area contributed by atoms with Crippen LogP contribution >= 0.6 is 0 Å². The maximum Gasteiger partial charge on any atom is 0.278 e. The molecule has 0 atom stereocenters. The first-order valence-electron chi connectivity index (χ1n) is 11.4. The van der Waals surface area contributed by atoms with Gasteiger partial charge in [-0.25, -0.2) is 0 Å². The molecule has 32 heavy (non-hydrogen) atoms. The highest BCUT2D eigenvalue weighted by Crippen LogP contribution is 2.32. The number of hydrogen-bond acceptors (Lipinski definition) is 5. The topological polar surface area (TPSA) is 55.9 Å². The van der Waals surface area contributed by atoms with E-state index in [9.17, 15) is 9.59 Å². The average molecular weight is 433 g/mol. The Balaban J connectivity index is 1.63. The summed E-state index contributed by atoms with van der Waals surface area (Å²) in [6.45, 7) is 10.6. The molecule has 0 spiro atoms. The van der Waals surface area contributed by atoms with E-state index in [0.29, 0.717) is 17.8 Å². The molecule has 0 unspecified atom stereocenters. The number of piperazine rings is 1. The minimum atomic E-state index is -0.256. The predicted octanol–water partition coefficient (Wildman–Crippen LogP) is 3.66. The lowest BCUT2D eigenvalue weighted by molar-refractivity contribution is -0.136. The molecule has 2 aliphatic heterocycles. The quantitative estimate of drug-likeness (QED) is 0.706. The van der Waals surface area contributed by atoms with E-state index in [4.69, 9.17) is 0 Å². The summed E-state index contributed by atoms with van der Waals surface area (Å²) in [4.78, 5) is 32.4. The van der Waals surface area contributed by atoms with Crippen LogP contribution in [0.25, 0.3) is 5.57 Å². The number of carbonyl (C=O) groups is 2. The normalized spacial score (nSPS) is 17.5.